The smallest absolute Gasteiger partial charge is 0.249 e. The van der Waals surface area contributed by atoms with Crippen LogP contribution < -0.4 is 26.0 Å². The highest BCUT2D eigenvalue weighted by Gasteiger charge is 2.34. The van der Waals surface area contributed by atoms with Crippen LogP contribution in [-0.4, -0.2) is 54.3 Å². The number of sulfonamides is 1. The van der Waals surface area contributed by atoms with Crippen LogP contribution in [-0.2, 0) is 14.8 Å². The second-order valence-corrected chi connectivity index (χ2v) is 11.8. The van der Waals surface area contributed by atoms with E-state index in [1.165, 1.54) is 17.6 Å². The van der Waals surface area contributed by atoms with Gasteiger partial charge in [-0.15, -0.1) is 0 Å². The third-order valence-corrected chi connectivity index (χ3v) is 8.75. The first-order chi connectivity index (χ1) is 19.3. The standard InChI is InChI=1S/C27H26N8O3S2/c28-25-21-15-19(9-10-23(21)39-33-25)34-13-14-35(27-30-11-12-31-27)22(16-34)26(36)32-18-7-5-17(6-8-18)20-3-1-2-4-24(20)40(29,37)38/h1-12,15,22H,13-14,16H2,(H2,28,33)(H,30,31)(H,32,36)(H2,29,37,38). The number of nitrogens with zero attached hydrogens (tertiary/aromatic N) is 4. The zero-order chi connectivity index (χ0) is 27.9. The summed E-state index contributed by atoms with van der Waals surface area (Å²) in [4.78, 5) is 25.3. The van der Waals surface area contributed by atoms with Crippen molar-refractivity contribution in [1.29, 1.82) is 0 Å². The van der Waals surface area contributed by atoms with Crippen molar-refractivity contribution in [2.45, 2.75) is 10.9 Å². The van der Waals surface area contributed by atoms with Gasteiger partial charge in [-0.2, -0.15) is 4.37 Å². The molecule has 0 radical (unpaired) electrons. The Balaban J connectivity index is 1.25. The lowest BCUT2D eigenvalue weighted by atomic mass is 10.1. The van der Waals surface area contributed by atoms with E-state index in [4.69, 9.17) is 10.9 Å². The molecular formula is C27H26N8O3S2. The van der Waals surface area contributed by atoms with Gasteiger partial charge in [-0.05, 0) is 53.5 Å². The van der Waals surface area contributed by atoms with Crippen LogP contribution in [0.5, 0.6) is 0 Å². The van der Waals surface area contributed by atoms with Crippen molar-refractivity contribution >= 4 is 60.7 Å². The Labute approximate surface area is 234 Å². The lowest BCUT2D eigenvalue weighted by Gasteiger charge is -2.41. The molecule has 1 unspecified atom stereocenters. The molecule has 1 aliphatic rings. The summed E-state index contributed by atoms with van der Waals surface area (Å²) in [5.41, 5.74) is 8.77. The van der Waals surface area contributed by atoms with Gasteiger partial charge in [-0.25, -0.2) is 18.5 Å². The number of primary sulfonamides is 1. The van der Waals surface area contributed by atoms with E-state index < -0.39 is 16.1 Å². The van der Waals surface area contributed by atoms with Gasteiger partial charge in [0.2, 0.25) is 21.9 Å². The van der Waals surface area contributed by atoms with Crippen LogP contribution in [0, 0.1) is 0 Å². The van der Waals surface area contributed by atoms with Crippen molar-refractivity contribution in [3.63, 3.8) is 0 Å². The van der Waals surface area contributed by atoms with Crippen molar-refractivity contribution in [3.8, 4) is 11.1 Å². The maximum atomic E-state index is 13.7. The molecule has 0 spiro atoms. The molecule has 6 rings (SSSR count). The van der Waals surface area contributed by atoms with Crippen molar-refractivity contribution in [1.82, 2.24) is 14.3 Å². The summed E-state index contributed by atoms with van der Waals surface area (Å²) in [5, 5.41) is 9.32. The number of hydrogen-bond acceptors (Lipinski definition) is 9. The van der Waals surface area contributed by atoms with Gasteiger partial charge < -0.3 is 25.8 Å². The molecule has 1 saturated heterocycles. The topological polar surface area (TPSA) is 163 Å². The van der Waals surface area contributed by atoms with Gasteiger partial charge in [0, 0.05) is 54.4 Å². The summed E-state index contributed by atoms with van der Waals surface area (Å²) in [6.07, 6.45) is 3.39. The SMILES string of the molecule is Nc1nsc2ccc(N3CCN(c4ncc[nH]4)C(C(=O)Nc4ccc(-c5ccccc5S(N)(=O)=O)cc4)C3)cc12. The molecule has 1 aliphatic heterocycles. The molecule has 13 heteroatoms. The lowest BCUT2D eigenvalue weighted by molar-refractivity contribution is -0.117. The molecule has 6 N–H and O–H groups in total. The van der Waals surface area contributed by atoms with Crippen LogP contribution in [0.2, 0.25) is 0 Å². The molecular weight excluding hydrogens is 548 g/mol. The van der Waals surface area contributed by atoms with Gasteiger partial charge in [0.1, 0.15) is 11.9 Å². The number of carbonyl (C=O) groups is 1. The zero-order valence-corrected chi connectivity index (χ0v) is 22.8. The highest BCUT2D eigenvalue weighted by atomic mass is 32.2. The number of nitrogens with two attached hydrogens (primary N) is 2. The molecule has 204 valence electrons. The number of anilines is 4. The molecule has 0 bridgehead atoms. The fraction of sp³-hybridized carbons (Fsp3) is 0.148. The summed E-state index contributed by atoms with van der Waals surface area (Å²) in [5.74, 6) is 0.925. The first-order valence-electron chi connectivity index (χ1n) is 12.5. The van der Waals surface area contributed by atoms with Gasteiger partial charge in [-0.1, -0.05) is 30.3 Å². The van der Waals surface area contributed by atoms with Gasteiger partial charge in [0.05, 0.1) is 9.60 Å². The maximum absolute atomic E-state index is 13.7. The molecule has 0 saturated carbocycles. The summed E-state index contributed by atoms with van der Waals surface area (Å²) in [6, 6.07) is 19.0. The number of rotatable bonds is 6. The van der Waals surface area contributed by atoms with E-state index in [0.717, 1.165) is 15.8 Å². The first-order valence-corrected chi connectivity index (χ1v) is 14.8. The molecule has 1 amide bonds. The number of piperazine rings is 1. The number of nitrogen functional groups attached to an aromatic ring is 1. The Morgan fingerprint density at radius 2 is 1.88 bits per heavy atom. The Bertz CT molecular complexity index is 1790. The maximum Gasteiger partial charge on any atom is 0.249 e. The van der Waals surface area contributed by atoms with E-state index in [1.807, 2.05) is 23.1 Å². The average Bonchev–Trinajstić information content (AvgIpc) is 3.63. The molecule has 11 nitrogen and oxygen atoms in total. The molecule has 1 atom stereocenters. The van der Waals surface area contributed by atoms with Crippen molar-refractivity contribution in [3.05, 3.63) is 79.1 Å². The molecule has 3 aromatic carbocycles. The van der Waals surface area contributed by atoms with E-state index in [1.54, 1.807) is 54.9 Å². The number of nitrogens with one attached hydrogen (secondary N) is 2. The fourth-order valence-corrected chi connectivity index (χ4v) is 6.41. The molecule has 40 heavy (non-hydrogen) atoms. The first kappa shape index (κ1) is 25.8. The number of amides is 1. The number of H-pyrrole nitrogens is 1. The highest BCUT2D eigenvalue weighted by molar-refractivity contribution is 7.89. The highest BCUT2D eigenvalue weighted by Crippen LogP contribution is 2.31. The van der Waals surface area contributed by atoms with Crippen LogP contribution in [0.1, 0.15) is 0 Å². The van der Waals surface area contributed by atoms with Crippen LogP contribution in [0.15, 0.2) is 84.0 Å². The van der Waals surface area contributed by atoms with Gasteiger partial charge >= 0.3 is 0 Å². The summed E-state index contributed by atoms with van der Waals surface area (Å²) in [6.45, 7) is 1.69. The number of fused-ring (bicyclic) bond motifs is 1. The summed E-state index contributed by atoms with van der Waals surface area (Å²) < 4.78 is 29.3. The Hall–Kier alpha value is -4.46. The molecule has 3 heterocycles. The number of carbonyl (C=O) groups excluding carboxylic acids is 1. The van der Waals surface area contributed by atoms with E-state index in [0.29, 0.717) is 48.2 Å². The molecule has 2 aromatic heterocycles. The second-order valence-electron chi connectivity index (χ2n) is 9.42. The van der Waals surface area contributed by atoms with E-state index in [9.17, 15) is 13.2 Å². The minimum absolute atomic E-state index is 0.0429. The largest absolute Gasteiger partial charge is 0.382 e. The van der Waals surface area contributed by atoms with Crippen molar-refractivity contribution in [2.24, 2.45) is 5.14 Å². The summed E-state index contributed by atoms with van der Waals surface area (Å²) in [7, 11) is -3.89. The van der Waals surface area contributed by atoms with Crippen molar-refractivity contribution < 1.29 is 13.2 Å². The fourth-order valence-electron chi connectivity index (χ4n) is 4.96. The number of aromatic amines is 1. The quantitative estimate of drug-likeness (QED) is 0.240. The van der Waals surface area contributed by atoms with Gasteiger partial charge in [-0.3, -0.25) is 4.79 Å². The van der Waals surface area contributed by atoms with E-state index in [2.05, 4.69) is 24.6 Å². The Morgan fingerprint density at radius 3 is 2.62 bits per heavy atom. The number of hydrogen-bond donors (Lipinski definition) is 4. The molecule has 0 aliphatic carbocycles. The minimum atomic E-state index is -3.89. The van der Waals surface area contributed by atoms with Crippen LogP contribution in [0.25, 0.3) is 21.2 Å². The number of aromatic nitrogens is 3. The monoisotopic (exact) mass is 574 g/mol. The van der Waals surface area contributed by atoms with Crippen LogP contribution in [0.3, 0.4) is 0 Å². The number of benzene rings is 3. The van der Waals surface area contributed by atoms with Gasteiger partial charge in [0.15, 0.2) is 0 Å². The normalized spacial score (nSPS) is 15.9. The van der Waals surface area contributed by atoms with Crippen LogP contribution in [0.4, 0.5) is 23.1 Å². The Morgan fingerprint density at radius 1 is 1.07 bits per heavy atom. The molecule has 5 aromatic rings. The number of imidazole rings is 1. The molecule has 1 fully saturated rings. The lowest BCUT2D eigenvalue weighted by Crippen LogP contribution is -2.58. The van der Waals surface area contributed by atoms with E-state index >= 15 is 0 Å². The summed E-state index contributed by atoms with van der Waals surface area (Å²) >= 11 is 1.36. The third kappa shape index (κ3) is 4.97. The Kier molecular flexibility index (Phi) is 6.62. The predicted molar refractivity (Wildman–Crippen MR) is 158 cm³/mol. The zero-order valence-electron chi connectivity index (χ0n) is 21.2. The third-order valence-electron chi connectivity index (χ3n) is 6.94. The van der Waals surface area contributed by atoms with E-state index in [-0.39, 0.29) is 10.8 Å². The minimum Gasteiger partial charge on any atom is -0.382 e. The predicted octanol–water partition coefficient (Wildman–Crippen LogP) is 3.25. The van der Waals surface area contributed by atoms with Crippen LogP contribution >= 0.6 is 11.5 Å². The second kappa shape index (κ2) is 10.3. The average molecular weight is 575 g/mol. The van der Waals surface area contributed by atoms with Gasteiger partial charge in [0.25, 0.3) is 0 Å². The van der Waals surface area contributed by atoms with Crippen molar-refractivity contribution in [2.75, 3.05) is 40.5 Å².